The molecule has 0 aliphatic carbocycles. The molecule has 0 bridgehead atoms. The van der Waals surface area contributed by atoms with Crippen LogP contribution in [0.2, 0.25) is 0 Å². The summed E-state index contributed by atoms with van der Waals surface area (Å²) in [7, 11) is 0. The zero-order valence-electron chi connectivity index (χ0n) is 23.7. The van der Waals surface area contributed by atoms with Gasteiger partial charge in [-0.3, -0.25) is 4.79 Å². The van der Waals surface area contributed by atoms with Gasteiger partial charge in [0.1, 0.15) is 0 Å². The molecule has 4 nitrogen and oxygen atoms in total. The molecule has 0 saturated heterocycles. The maximum Gasteiger partial charge on any atom is 0.516 e. The number of unbranched alkanes of at least 4 members (excludes halogenated alkanes) is 15. The van der Waals surface area contributed by atoms with E-state index in [0.29, 0.717) is 6.61 Å². The minimum atomic E-state index is -0.842. The van der Waals surface area contributed by atoms with Crippen LogP contribution in [0.3, 0.4) is 0 Å². The van der Waals surface area contributed by atoms with Crippen LogP contribution in [0.25, 0.3) is 0 Å². The second-order valence-electron chi connectivity index (χ2n) is 9.71. The normalized spacial score (nSPS) is 11.7. The van der Waals surface area contributed by atoms with Crippen LogP contribution in [0.15, 0.2) is 36.5 Å². The molecule has 0 N–H and O–H groups in total. The van der Waals surface area contributed by atoms with Gasteiger partial charge >= 0.3 is 12.1 Å². The van der Waals surface area contributed by atoms with Crippen molar-refractivity contribution in [1.82, 2.24) is 0 Å². The van der Waals surface area contributed by atoms with Gasteiger partial charge in [-0.2, -0.15) is 0 Å². The van der Waals surface area contributed by atoms with E-state index in [-0.39, 0.29) is 6.42 Å². The van der Waals surface area contributed by atoms with Gasteiger partial charge in [0.2, 0.25) is 0 Å². The SMILES string of the molecule is CC/C=C\C/C=C\C/C=C\CCCCCCCC(=O)OC(=O)OCCCCCCCCCCCCC. The smallest absolute Gasteiger partial charge is 0.434 e. The summed E-state index contributed by atoms with van der Waals surface area (Å²) >= 11 is 0. The molecule has 0 unspecified atom stereocenters. The molecule has 0 aliphatic rings. The second kappa shape index (κ2) is 29.4. The highest BCUT2D eigenvalue weighted by molar-refractivity contribution is 5.81. The fourth-order valence-corrected chi connectivity index (χ4v) is 3.98. The van der Waals surface area contributed by atoms with Crippen molar-refractivity contribution in [3.8, 4) is 0 Å². The van der Waals surface area contributed by atoms with E-state index < -0.39 is 12.1 Å². The highest BCUT2D eigenvalue weighted by Gasteiger charge is 2.11. The highest BCUT2D eigenvalue weighted by Crippen LogP contribution is 2.12. The largest absolute Gasteiger partial charge is 0.516 e. The Morgan fingerprint density at radius 2 is 1.06 bits per heavy atom. The molecule has 0 amide bonds. The van der Waals surface area contributed by atoms with Crippen molar-refractivity contribution in [2.75, 3.05) is 6.61 Å². The predicted molar refractivity (Wildman–Crippen MR) is 153 cm³/mol. The Kier molecular flexibility index (Phi) is 27.9. The van der Waals surface area contributed by atoms with E-state index in [1.54, 1.807) is 0 Å². The van der Waals surface area contributed by atoms with Gasteiger partial charge in [-0.05, 0) is 44.9 Å². The van der Waals surface area contributed by atoms with Gasteiger partial charge in [0.05, 0.1) is 6.61 Å². The van der Waals surface area contributed by atoms with E-state index in [0.717, 1.165) is 64.2 Å². The summed E-state index contributed by atoms with van der Waals surface area (Å²) in [4.78, 5) is 23.4. The van der Waals surface area contributed by atoms with Crippen LogP contribution >= 0.6 is 0 Å². The number of esters is 1. The summed E-state index contributed by atoms with van der Waals surface area (Å²) in [5.41, 5.74) is 0. The first-order valence-electron chi connectivity index (χ1n) is 15.0. The lowest BCUT2D eigenvalue weighted by Gasteiger charge is -2.05. The van der Waals surface area contributed by atoms with Crippen LogP contribution in [0.1, 0.15) is 149 Å². The molecular weight excluding hydrogens is 448 g/mol. The van der Waals surface area contributed by atoms with Crippen LogP contribution in [-0.4, -0.2) is 18.7 Å². The van der Waals surface area contributed by atoms with Gasteiger partial charge in [0.25, 0.3) is 0 Å². The fraction of sp³-hybridized carbons (Fsp3) is 0.750. The summed E-state index contributed by atoms with van der Waals surface area (Å²) in [6, 6.07) is 0. The van der Waals surface area contributed by atoms with Gasteiger partial charge in [-0.1, -0.05) is 134 Å². The molecule has 0 radical (unpaired) electrons. The lowest BCUT2D eigenvalue weighted by atomic mass is 10.1. The van der Waals surface area contributed by atoms with Gasteiger partial charge in [0.15, 0.2) is 0 Å². The average molecular weight is 505 g/mol. The number of hydrogen-bond donors (Lipinski definition) is 0. The fourth-order valence-electron chi connectivity index (χ4n) is 3.98. The molecular formula is C32H56O4. The molecule has 0 aromatic carbocycles. The Morgan fingerprint density at radius 1 is 0.556 bits per heavy atom. The maximum atomic E-state index is 11.8. The van der Waals surface area contributed by atoms with Crippen LogP contribution in [0, 0.1) is 0 Å². The standard InChI is InChI=1S/C32H56O4/c1-3-5-7-9-11-13-15-16-17-18-19-21-23-25-27-29-31(33)36-32(34)35-30-28-26-24-22-20-14-12-10-8-6-4-2/h5,7,11,13,16-17H,3-4,6,8-10,12,14-15,18-30H2,1-2H3/b7-5-,13-11-,17-16-. The molecule has 0 aromatic heterocycles. The van der Waals surface area contributed by atoms with Crippen molar-refractivity contribution in [1.29, 1.82) is 0 Å². The van der Waals surface area contributed by atoms with E-state index in [1.807, 2.05) is 0 Å². The number of allylic oxidation sites excluding steroid dienone is 6. The predicted octanol–water partition coefficient (Wildman–Crippen LogP) is 10.6. The van der Waals surface area contributed by atoms with E-state index >= 15 is 0 Å². The molecule has 0 saturated carbocycles. The van der Waals surface area contributed by atoms with Crippen LogP contribution in [-0.2, 0) is 14.3 Å². The molecule has 4 heteroatoms. The third-order valence-electron chi connectivity index (χ3n) is 6.20. The van der Waals surface area contributed by atoms with Crippen molar-refractivity contribution in [2.45, 2.75) is 149 Å². The van der Waals surface area contributed by atoms with E-state index in [2.05, 4.69) is 50.3 Å². The minimum Gasteiger partial charge on any atom is -0.434 e. The maximum absolute atomic E-state index is 11.8. The lowest BCUT2D eigenvalue weighted by molar-refractivity contribution is -0.139. The number of hydrogen-bond acceptors (Lipinski definition) is 4. The molecule has 208 valence electrons. The second-order valence-corrected chi connectivity index (χ2v) is 9.71. The molecule has 36 heavy (non-hydrogen) atoms. The van der Waals surface area contributed by atoms with Gasteiger partial charge in [0, 0.05) is 6.42 Å². The molecule has 0 rings (SSSR count). The molecule has 0 fully saturated rings. The van der Waals surface area contributed by atoms with Gasteiger partial charge in [-0.15, -0.1) is 0 Å². The third-order valence-corrected chi connectivity index (χ3v) is 6.20. The number of rotatable bonds is 25. The van der Waals surface area contributed by atoms with E-state index in [1.165, 1.54) is 64.2 Å². The topological polar surface area (TPSA) is 52.6 Å². The Labute approximate surface area is 223 Å². The molecule has 0 heterocycles. The summed E-state index contributed by atoms with van der Waals surface area (Å²) in [6.07, 6.45) is 35.9. The molecule has 0 atom stereocenters. The monoisotopic (exact) mass is 504 g/mol. The van der Waals surface area contributed by atoms with Crippen LogP contribution < -0.4 is 0 Å². The number of carbonyl (C=O) groups is 2. The molecule has 0 aliphatic heterocycles. The Balaban J connectivity index is 3.39. The lowest BCUT2D eigenvalue weighted by Crippen LogP contribution is -2.14. The zero-order chi connectivity index (χ0) is 26.4. The first kappa shape index (κ1) is 34.2. The van der Waals surface area contributed by atoms with Crippen molar-refractivity contribution < 1.29 is 19.1 Å². The van der Waals surface area contributed by atoms with E-state index in [4.69, 9.17) is 9.47 Å². The third kappa shape index (κ3) is 28.4. The molecule has 0 aromatic rings. The van der Waals surface area contributed by atoms with E-state index in [9.17, 15) is 9.59 Å². The summed E-state index contributed by atoms with van der Waals surface area (Å²) in [6.45, 7) is 4.74. The number of carbonyl (C=O) groups excluding carboxylic acids is 2. The van der Waals surface area contributed by atoms with Gasteiger partial charge in [-0.25, -0.2) is 4.79 Å². The van der Waals surface area contributed by atoms with Crippen molar-refractivity contribution in [3.63, 3.8) is 0 Å². The Hall–Kier alpha value is -1.84. The summed E-state index contributed by atoms with van der Waals surface area (Å²) in [5, 5.41) is 0. The van der Waals surface area contributed by atoms with Crippen LogP contribution in [0.4, 0.5) is 4.79 Å². The van der Waals surface area contributed by atoms with Crippen LogP contribution in [0.5, 0.6) is 0 Å². The average Bonchev–Trinajstić information content (AvgIpc) is 2.87. The highest BCUT2D eigenvalue weighted by atomic mass is 16.7. The summed E-state index contributed by atoms with van der Waals surface area (Å²) in [5.74, 6) is -0.472. The zero-order valence-corrected chi connectivity index (χ0v) is 23.7. The minimum absolute atomic E-state index is 0.285. The first-order chi connectivity index (χ1) is 17.7. The quantitative estimate of drug-likeness (QED) is 0.0537. The van der Waals surface area contributed by atoms with Crippen molar-refractivity contribution in [3.05, 3.63) is 36.5 Å². The first-order valence-corrected chi connectivity index (χ1v) is 15.0. The summed E-state index contributed by atoms with van der Waals surface area (Å²) < 4.78 is 9.78. The molecule has 0 spiro atoms. The Morgan fingerprint density at radius 3 is 1.67 bits per heavy atom. The van der Waals surface area contributed by atoms with Gasteiger partial charge < -0.3 is 9.47 Å². The van der Waals surface area contributed by atoms with Crippen molar-refractivity contribution >= 4 is 12.1 Å². The van der Waals surface area contributed by atoms with Crippen molar-refractivity contribution in [2.24, 2.45) is 0 Å². The number of ether oxygens (including phenoxy) is 2. The Bertz CT molecular complexity index is 577.